The molecule has 0 spiro atoms. The quantitative estimate of drug-likeness (QED) is 0.180. The van der Waals surface area contributed by atoms with Gasteiger partial charge < -0.3 is 8.83 Å². The molecule has 2 heterocycles. The highest BCUT2D eigenvalue weighted by molar-refractivity contribution is 6.23. The molecule has 0 aliphatic carbocycles. The van der Waals surface area contributed by atoms with Crippen molar-refractivity contribution in [1.29, 1.82) is 0 Å². The van der Waals surface area contributed by atoms with Crippen molar-refractivity contribution in [3.8, 4) is 33.4 Å². The molecular weight excluding hydrogens is 609 g/mol. The summed E-state index contributed by atoms with van der Waals surface area (Å²) in [5.74, 6) is 0. The van der Waals surface area contributed by atoms with Gasteiger partial charge in [-0.3, -0.25) is 0 Å². The molecule has 0 bridgehead atoms. The SMILES string of the molecule is c1ccc2c(-c3c4ccccc4c(-c4ccc(-c5ccc6c(c5)oc5cc7c(cc56)oc5ccccc57)cc4)c4ccccc34)cccc2c1. The van der Waals surface area contributed by atoms with Gasteiger partial charge in [-0.25, -0.2) is 0 Å². The van der Waals surface area contributed by atoms with E-state index in [1.54, 1.807) is 0 Å². The molecule has 0 aliphatic heterocycles. The maximum Gasteiger partial charge on any atom is 0.136 e. The first-order chi connectivity index (χ1) is 24.8. The minimum atomic E-state index is 0.872. The van der Waals surface area contributed by atoms with Crippen LogP contribution in [0.4, 0.5) is 0 Å². The highest BCUT2D eigenvalue weighted by atomic mass is 16.3. The Morgan fingerprint density at radius 2 is 0.740 bits per heavy atom. The van der Waals surface area contributed by atoms with Crippen molar-refractivity contribution in [3.05, 3.63) is 170 Å². The largest absolute Gasteiger partial charge is 0.456 e. The molecule has 0 radical (unpaired) electrons. The minimum absolute atomic E-state index is 0.872. The van der Waals surface area contributed by atoms with Crippen LogP contribution in [0.25, 0.3) is 110 Å². The standard InChI is InChI=1S/C48H28O2/c1-2-12-33-30(10-1)11-9-18-36(33)48-39-16-5-3-14-37(39)47(38-15-4-6-17-40(38)48)31-22-20-29(21-23-31)32-24-25-35-42-28-45-41(27-46(42)50-44(35)26-32)34-13-7-8-19-43(34)49-45/h1-28H. The fourth-order valence-electron chi connectivity index (χ4n) is 8.18. The molecule has 11 rings (SSSR count). The van der Waals surface area contributed by atoms with Crippen LogP contribution in [0.3, 0.4) is 0 Å². The first kappa shape index (κ1) is 27.3. The van der Waals surface area contributed by atoms with E-state index in [-0.39, 0.29) is 0 Å². The summed E-state index contributed by atoms with van der Waals surface area (Å²) in [6.07, 6.45) is 0. The summed E-state index contributed by atoms with van der Waals surface area (Å²) in [5.41, 5.74) is 10.8. The van der Waals surface area contributed by atoms with Crippen molar-refractivity contribution in [2.24, 2.45) is 0 Å². The topological polar surface area (TPSA) is 26.3 Å². The van der Waals surface area contributed by atoms with E-state index in [1.807, 2.05) is 18.2 Å². The van der Waals surface area contributed by atoms with Crippen LogP contribution in [0.2, 0.25) is 0 Å². The van der Waals surface area contributed by atoms with Gasteiger partial charge in [0.05, 0.1) is 0 Å². The van der Waals surface area contributed by atoms with Gasteiger partial charge in [-0.15, -0.1) is 0 Å². The van der Waals surface area contributed by atoms with Crippen molar-refractivity contribution in [3.63, 3.8) is 0 Å². The molecule has 232 valence electrons. The molecule has 0 fully saturated rings. The van der Waals surface area contributed by atoms with E-state index in [4.69, 9.17) is 8.83 Å². The van der Waals surface area contributed by atoms with Crippen LogP contribution in [-0.2, 0) is 0 Å². The first-order valence-corrected chi connectivity index (χ1v) is 17.1. The van der Waals surface area contributed by atoms with Crippen LogP contribution in [-0.4, -0.2) is 0 Å². The summed E-state index contributed by atoms with van der Waals surface area (Å²) in [4.78, 5) is 0. The lowest BCUT2D eigenvalue weighted by Gasteiger charge is -2.19. The smallest absolute Gasteiger partial charge is 0.136 e. The maximum absolute atomic E-state index is 6.46. The van der Waals surface area contributed by atoms with Gasteiger partial charge in [-0.05, 0) is 96.0 Å². The summed E-state index contributed by atoms with van der Waals surface area (Å²) in [5, 5.41) is 11.9. The molecule has 50 heavy (non-hydrogen) atoms. The molecule has 2 aromatic heterocycles. The second-order valence-corrected chi connectivity index (χ2v) is 13.2. The van der Waals surface area contributed by atoms with Gasteiger partial charge >= 0.3 is 0 Å². The van der Waals surface area contributed by atoms with Gasteiger partial charge in [0.1, 0.15) is 22.3 Å². The molecule has 0 unspecified atom stereocenters. The molecule has 9 aromatic carbocycles. The van der Waals surface area contributed by atoms with E-state index in [9.17, 15) is 0 Å². The number of hydrogen-bond acceptors (Lipinski definition) is 2. The first-order valence-electron chi connectivity index (χ1n) is 17.1. The molecule has 0 aliphatic rings. The normalized spacial score (nSPS) is 12.0. The Morgan fingerprint density at radius 3 is 1.44 bits per heavy atom. The summed E-state index contributed by atoms with van der Waals surface area (Å²) >= 11 is 0. The Hall–Kier alpha value is -6.64. The Morgan fingerprint density at radius 1 is 0.260 bits per heavy atom. The van der Waals surface area contributed by atoms with E-state index in [2.05, 4.69) is 152 Å². The van der Waals surface area contributed by atoms with E-state index < -0.39 is 0 Å². The third kappa shape index (κ3) is 3.96. The molecule has 0 N–H and O–H groups in total. The van der Waals surface area contributed by atoms with Crippen LogP contribution in [0.5, 0.6) is 0 Å². The predicted octanol–water partition coefficient (Wildman–Crippen LogP) is 13.9. The average Bonchev–Trinajstić information content (AvgIpc) is 3.72. The summed E-state index contributed by atoms with van der Waals surface area (Å²) in [7, 11) is 0. The fraction of sp³-hybridized carbons (Fsp3) is 0. The van der Waals surface area contributed by atoms with Crippen LogP contribution in [0, 0.1) is 0 Å². The number of fused-ring (bicyclic) bond motifs is 9. The van der Waals surface area contributed by atoms with Gasteiger partial charge in [0.25, 0.3) is 0 Å². The van der Waals surface area contributed by atoms with Gasteiger partial charge in [-0.2, -0.15) is 0 Å². The number of hydrogen-bond donors (Lipinski definition) is 0. The lowest BCUT2D eigenvalue weighted by Crippen LogP contribution is -1.91. The van der Waals surface area contributed by atoms with Crippen LogP contribution in [0.1, 0.15) is 0 Å². The zero-order chi connectivity index (χ0) is 32.8. The van der Waals surface area contributed by atoms with Crippen LogP contribution >= 0.6 is 0 Å². The van der Waals surface area contributed by atoms with Crippen molar-refractivity contribution in [2.45, 2.75) is 0 Å². The summed E-state index contributed by atoms with van der Waals surface area (Å²) in [6.45, 7) is 0. The Bertz CT molecular complexity index is 3080. The number of para-hydroxylation sites is 1. The van der Waals surface area contributed by atoms with Crippen molar-refractivity contribution < 1.29 is 8.83 Å². The summed E-state index contributed by atoms with van der Waals surface area (Å²) in [6, 6.07) is 61.0. The zero-order valence-electron chi connectivity index (χ0n) is 27.0. The summed E-state index contributed by atoms with van der Waals surface area (Å²) < 4.78 is 12.6. The molecule has 0 saturated carbocycles. The second kappa shape index (κ2) is 10.4. The van der Waals surface area contributed by atoms with Gasteiger partial charge in [0.15, 0.2) is 0 Å². The molecular formula is C48H28O2. The maximum atomic E-state index is 6.46. The Balaban J connectivity index is 1.05. The molecule has 0 atom stereocenters. The highest BCUT2D eigenvalue weighted by Gasteiger charge is 2.18. The van der Waals surface area contributed by atoms with Crippen molar-refractivity contribution >= 4 is 76.2 Å². The lowest BCUT2D eigenvalue weighted by molar-refractivity contribution is 0.664. The second-order valence-electron chi connectivity index (χ2n) is 13.2. The number of benzene rings is 9. The van der Waals surface area contributed by atoms with Crippen molar-refractivity contribution in [1.82, 2.24) is 0 Å². The van der Waals surface area contributed by atoms with Crippen molar-refractivity contribution in [2.75, 3.05) is 0 Å². The zero-order valence-corrected chi connectivity index (χ0v) is 27.0. The van der Waals surface area contributed by atoms with Crippen LogP contribution in [0.15, 0.2) is 179 Å². The number of rotatable bonds is 3. The van der Waals surface area contributed by atoms with E-state index in [1.165, 1.54) is 54.6 Å². The lowest BCUT2D eigenvalue weighted by atomic mass is 9.84. The van der Waals surface area contributed by atoms with E-state index in [0.717, 1.165) is 55.0 Å². The molecule has 11 aromatic rings. The van der Waals surface area contributed by atoms with Gasteiger partial charge in [-0.1, -0.05) is 140 Å². The van der Waals surface area contributed by atoms with Gasteiger partial charge in [0, 0.05) is 21.5 Å². The van der Waals surface area contributed by atoms with E-state index in [0.29, 0.717) is 0 Å². The predicted molar refractivity (Wildman–Crippen MR) is 210 cm³/mol. The third-order valence-corrected chi connectivity index (χ3v) is 10.5. The molecule has 0 amide bonds. The Kier molecular flexibility index (Phi) is 5.70. The Labute approximate surface area is 287 Å². The highest BCUT2D eigenvalue weighted by Crippen LogP contribution is 2.45. The monoisotopic (exact) mass is 636 g/mol. The average molecular weight is 637 g/mol. The van der Waals surface area contributed by atoms with Crippen LogP contribution < -0.4 is 0 Å². The minimum Gasteiger partial charge on any atom is -0.456 e. The van der Waals surface area contributed by atoms with E-state index >= 15 is 0 Å². The van der Waals surface area contributed by atoms with Gasteiger partial charge in [0.2, 0.25) is 0 Å². The molecule has 2 heteroatoms. The third-order valence-electron chi connectivity index (χ3n) is 10.5. The fourth-order valence-corrected chi connectivity index (χ4v) is 8.18. The molecule has 2 nitrogen and oxygen atoms in total. The molecule has 0 saturated heterocycles. The number of furan rings is 2.